The summed E-state index contributed by atoms with van der Waals surface area (Å²) < 4.78 is 36.6. The number of aromatic nitrogens is 2. The average molecular weight is 452 g/mol. The molecule has 0 unspecified atom stereocenters. The van der Waals surface area contributed by atoms with Crippen LogP contribution in [0.25, 0.3) is 11.8 Å². The third-order valence-corrected chi connectivity index (χ3v) is 7.10. The standard InChI is InChI=1S/C23H21N3O5S/c1-14-4-3-5-19(15(14)2)26-23(17-11-32(28,29)12-18(17)25-26)24-22(27)9-7-16-6-8-20-21(10-16)31-13-30-20/h3-10H,11-13H2,1-2H3,(H,24,27)/b9-7+. The number of benzene rings is 2. The Bertz CT molecular complexity index is 1390. The number of aryl methyl sites for hydroxylation is 1. The summed E-state index contributed by atoms with van der Waals surface area (Å²) in [6, 6.07) is 11.2. The van der Waals surface area contributed by atoms with E-state index >= 15 is 0 Å². The number of carbonyl (C=O) groups is 1. The Morgan fingerprint density at radius 1 is 1.12 bits per heavy atom. The van der Waals surface area contributed by atoms with Gasteiger partial charge >= 0.3 is 0 Å². The first-order valence-corrected chi connectivity index (χ1v) is 11.9. The molecular formula is C23H21N3O5S. The molecule has 3 aromatic rings. The number of anilines is 1. The van der Waals surface area contributed by atoms with Crippen molar-refractivity contribution in [2.24, 2.45) is 0 Å². The van der Waals surface area contributed by atoms with Crippen LogP contribution in [0.15, 0.2) is 42.5 Å². The van der Waals surface area contributed by atoms with E-state index < -0.39 is 9.84 Å². The summed E-state index contributed by atoms with van der Waals surface area (Å²) in [7, 11) is -3.27. The van der Waals surface area contributed by atoms with Gasteiger partial charge in [0, 0.05) is 11.6 Å². The van der Waals surface area contributed by atoms with Crippen molar-refractivity contribution >= 4 is 27.6 Å². The third-order valence-electron chi connectivity index (χ3n) is 5.66. The lowest BCUT2D eigenvalue weighted by Crippen LogP contribution is -2.15. The highest BCUT2D eigenvalue weighted by atomic mass is 32.2. The Labute approximate surface area is 185 Å². The molecule has 1 N–H and O–H groups in total. The van der Waals surface area contributed by atoms with Gasteiger partial charge in [-0.25, -0.2) is 13.1 Å². The minimum atomic E-state index is -3.27. The minimum Gasteiger partial charge on any atom is -0.454 e. The Kier molecular flexibility index (Phi) is 4.78. The first-order chi connectivity index (χ1) is 15.3. The van der Waals surface area contributed by atoms with Crippen molar-refractivity contribution in [2.45, 2.75) is 25.4 Å². The second-order valence-electron chi connectivity index (χ2n) is 7.87. The van der Waals surface area contributed by atoms with Crippen LogP contribution in [-0.4, -0.2) is 30.9 Å². The first-order valence-electron chi connectivity index (χ1n) is 10.1. The molecule has 3 heterocycles. The third kappa shape index (κ3) is 3.64. The number of amides is 1. The van der Waals surface area contributed by atoms with Crippen LogP contribution in [0.2, 0.25) is 0 Å². The van der Waals surface area contributed by atoms with E-state index in [2.05, 4.69) is 10.4 Å². The summed E-state index contributed by atoms with van der Waals surface area (Å²) in [5, 5.41) is 7.39. The van der Waals surface area contributed by atoms with E-state index in [0.717, 1.165) is 22.4 Å². The van der Waals surface area contributed by atoms with E-state index in [1.807, 2.05) is 38.1 Å². The van der Waals surface area contributed by atoms with Crippen molar-refractivity contribution in [1.82, 2.24) is 9.78 Å². The summed E-state index contributed by atoms with van der Waals surface area (Å²) in [6.45, 7) is 4.14. The predicted octanol–water partition coefficient (Wildman–Crippen LogP) is 3.30. The second-order valence-corrected chi connectivity index (χ2v) is 9.94. The van der Waals surface area contributed by atoms with Gasteiger partial charge < -0.3 is 14.8 Å². The summed E-state index contributed by atoms with van der Waals surface area (Å²) >= 11 is 0. The molecule has 0 fully saturated rings. The van der Waals surface area contributed by atoms with Gasteiger partial charge in [-0.2, -0.15) is 5.10 Å². The van der Waals surface area contributed by atoms with Crippen LogP contribution in [0.5, 0.6) is 11.5 Å². The van der Waals surface area contributed by atoms with E-state index in [9.17, 15) is 13.2 Å². The van der Waals surface area contributed by atoms with Crippen molar-refractivity contribution in [2.75, 3.05) is 12.1 Å². The quantitative estimate of drug-likeness (QED) is 0.611. The van der Waals surface area contributed by atoms with Crippen molar-refractivity contribution in [3.8, 4) is 17.2 Å². The molecule has 32 heavy (non-hydrogen) atoms. The Morgan fingerprint density at radius 2 is 1.94 bits per heavy atom. The molecule has 2 aliphatic rings. The lowest BCUT2D eigenvalue weighted by molar-refractivity contribution is -0.111. The molecule has 0 atom stereocenters. The maximum absolute atomic E-state index is 12.8. The zero-order valence-electron chi connectivity index (χ0n) is 17.6. The molecule has 1 amide bonds. The van der Waals surface area contributed by atoms with E-state index in [1.165, 1.54) is 6.08 Å². The van der Waals surface area contributed by atoms with Crippen LogP contribution >= 0.6 is 0 Å². The molecule has 8 nitrogen and oxygen atoms in total. The number of ether oxygens (including phenoxy) is 2. The van der Waals surface area contributed by atoms with Gasteiger partial charge in [0.1, 0.15) is 5.82 Å². The van der Waals surface area contributed by atoms with Crippen LogP contribution in [-0.2, 0) is 26.1 Å². The topological polar surface area (TPSA) is 99.5 Å². The lowest BCUT2D eigenvalue weighted by Gasteiger charge is -2.13. The number of hydrogen-bond donors (Lipinski definition) is 1. The van der Waals surface area contributed by atoms with Crippen LogP contribution in [0.4, 0.5) is 5.82 Å². The smallest absolute Gasteiger partial charge is 0.249 e. The van der Waals surface area contributed by atoms with Gasteiger partial charge in [-0.15, -0.1) is 0 Å². The molecule has 0 spiro atoms. The van der Waals surface area contributed by atoms with Crippen molar-refractivity contribution in [1.29, 1.82) is 0 Å². The van der Waals surface area contributed by atoms with E-state index in [0.29, 0.717) is 28.6 Å². The molecular weight excluding hydrogens is 430 g/mol. The number of fused-ring (bicyclic) bond motifs is 2. The zero-order valence-corrected chi connectivity index (χ0v) is 18.4. The van der Waals surface area contributed by atoms with Crippen LogP contribution in [0, 0.1) is 13.8 Å². The van der Waals surface area contributed by atoms with Gasteiger partial charge in [0.25, 0.3) is 0 Å². The molecule has 0 radical (unpaired) electrons. The molecule has 0 aliphatic carbocycles. The van der Waals surface area contributed by atoms with Gasteiger partial charge in [-0.3, -0.25) is 4.79 Å². The Balaban J connectivity index is 1.47. The summed E-state index contributed by atoms with van der Waals surface area (Å²) in [4.78, 5) is 12.8. The number of nitrogens with zero attached hydrogens (tertiary/aromatic N) is 2. The summed E-state index contributed by atoms with van der Waals surface area (Å²) in [5.74, 6) is 1.02. The predicted molar refractivity (Wildman–Crippen MR) is 120 cm³/mol. The lowest BCUT2D eigenvalue weighted by atomic mass is 10.1. The number of carbonyl (C=O) groups excluding carboxylic acids is 1. The monoisotopic (exact) mass is 451 g/mol. The maximum atomic E-state index is 12.8. The molecule has 0 saturated carbocycles. The molecule has 9 heteroatoms. The highest BCUT2D eigenvalue weighted by Gasteiger charge is 2.33. The van der Waals surface area contributed by atoms with Gasteiger partial charge in [0.2, 0.25) is 12.7 Å². The molecule has 0 saturated heterocycles. The summed E-state index contributed by atoms with van der Waals surface area (Å²) in [6.07, 6.45) is 3.06. The number of rotatable bonds is 4. The molecule has 164 valence electrons. The van der Waals surface area contributed by atoms with Gasteiger partial charge in [0.15, 0.2) is 21.3 Å². The van der Waals surface area contributed by atoms with Gasteiger partial charge in [-0.05, 0) is 54.8 Å². The largest absolute Gasteiger partial charge is 0.454 e. The van der Waals surface area contributed by atoms with Crippen LogP contribution < -0.4 is 14.8 Å². The fourth-order valence-electron chi connectivity index (χ4n) is 3.86. The Hall–Kier alpha value is -3.59. The molecule has 2 aromatic carbocycles. The fourth-order valence-corrected chi connectivity index (χ4v) is 5.35. The van der Waals surface area contributed by atoms with Crippen LogP contribution in [0.1, 0.15) is 27.9 Å². The number of nitrogens with one attached hydrogen (secondary N) is 1. The molecule has 1 aromatic heterocycles. The van der Waals surface area contributed by atoms with Crippen molar-refractivity contribution in [3.05, 3.63) is 70.4 Å². The second kappa shape index (κ2) is 7.52. The molecule has 0 bridgehead atoms. The minimum absolute atomic E-state index is 0.129. The van der Waals surface area contributed by atoms with Crippen molar-refractivity contribution in [3.63, 3.8) is 0 Å². The van der Waals surface area contributed by atoms with E-state index in [-0.39, 0.29) is 24.2 Å². The molecule has 5 rings (SSSR count). The Morgan fingerprint density at radius 3 is 2.78 bits per heavy atom. The van der Waals surface area contributed by atoms with Gasteiger partial charge in [-0.1, -0.05) is 18.2 Å². The maximum Gasteiger partial charge on any atom is 0.249 e. The van der Waals surface area contributed by atoms with Gasteiger partial charge in [0.05, 0.1) is 22.9 Å². The number of hydrogen-bond acceptors (Lipinski definition) is 6. The van der Waals surface area contributed by atoms with E-state index in [4.69, 9.17) is 9.47 Å². The summed E-state index contributed by atoms with van der Waals surface area (Å²) in [5.41, 5.74) is 4.66. The fraction of sp³-hybridized carbons (Fsp3) is 0.217. The molecule has 2 aliphatic heterocycles. The zero-order chi connectivity index (χ0) is 22.5. The van der Waals surface area contributed by atoms with E-state index in [1.54, 1.807) is 22.9 Å². The number of sulfone groups is 1. The van der Waals surface area contributed by atoms with Crippen molar-refractivity contribution < 1.29 is 22.7 Å². The highest BCUT2D eigenvalue weighted by molar-refractivity contribution is 7.90. The normalized spacial score (nSPS) is 15.8. The SMILES string of the molecule is Cc1cccc(-n2nc3c(c2NC(=O)/C=C/c2ccc4c(c2)OCO4)CS(=O)(=O)C3)c1C. The average Bonchev–Trinajstić information content (AvgIpc) is 3.41. The first kappa shape index (κ1) is 20.3. The van der Waals surface area contributed by atoms with Crippen LogP contribution in [0.3, 0.4) is 0 Å². The highest BCUT2D eigenvalue weighted by Crippen LogP contribution is 2.35.